The molecule has 0 aliphatic carbocycles. The van der Waals surface area contributed by atoms with Crippen LogP contribution in [-0.4, -0.2) is 11.8 Å². The molecule has 0 heterocycles. The number of carbonyl (C=O) groups is 2. The van der Waals surface area contributed by atoms with Gasteiger partial charge in [-0.3, -0.25) is 9.59 Å². The lowest BCUT2D eigenvalue weighted by Gasteiger charge is -2.14. The number of rotatable bonds is 4. The van der Waals surface area contributed by atoms with Gasteiger partial charge in [0, 0.05) is 11.6 Å². The fourth-order valence-electron chi connectivity index (χ4n) is 1.95. The maximum atomic E-state index is 11.9. The van der Waals surface area contributed by atoms with Crippen LogP contribution in [0.25, 0.3) is 0 Å². The van der Waals surface area contributed by atoms with E-state index in [0.29, 0.717) is 5.02 Å². The molecule has 2 rings (SSSR count). The lowest BCUT2D eigenvalue weighted by atomic mass is 10.1. The van der Waals surface area contributed by atoms with Crippen molar-refractivity contribution >= 4 is 23.4 Å². The Morgan fingerprint density at radius 2 is 1.64 bits per heavy atom. The third kappa shape index (κ3) is 4.60. The highest BCUT2D eigenvalue weighted by molar-refractivity contribution is 6.35. The maximum absolute atomic E-state index is 11.9. The van der Waals surface area contributed by atoms with E-state index < -0.39 is 11.8 Å². The molecule has 0 bridgehead atoms. The molecule has 1 unspecified atom stereocenters. The van der Waals surface area contributed by atoms with Crippen molar-refractivity contribution in [2.45, 2.75) is 19.5 Å². The minimum absolute atomic E-state index is 0.227. The summed E-state index contributed by atoms with van der Waals surface area (Å²) in [6.07, 6.45) is 0. The molecule has 22 heavy (non-hydrogen) atoms. The van der Waals surface area contributed by atoms with Crippen LogP contribution in [0.4, 0.5) is 0 Å². The summed E-state index contributed by atoms with van der Waals surface area (Å²) in [6, 6.07) is 16.3. The number of hydrogen-bond acceptors (Lipinski definition) is 2. The van der Waals surface area contributed by atoms with Gasteiger partial charge < -0.3 is 10.6 Å². The van der Waals surface area contributed by atoms with Crippen molar-refractivity contribution in [2.75, 3.05) is 0 Å². The van der Waals surface area contributed by atoms with Gasteiger partial charge in [-0.05, 0) is 30.2 Å². The Balaban J connectivity index is 1.84. The van der Waals surface area contributed by atoms with Gasteiger partial charge in [-0.15, -0.1) is 0 Å². The largest absolute Gasteiger partial charge is 0.344 e. The average molecular weight is 317 g/mol. The van der Waals surface area contributed by atoms with E-state index in [0.717, 1.165) is 11.1 Å². The lowest BCUT2D eigenvalue weighted by molar-refractivity contribution is -0.139. The van der Waals surface area contributed by atoms with Crippen molar-refractivity contribution in [3.05, 3.63) is 70.7 Å². The van der Waals surface area contributed by atoms with Gasteiger partial charge in [0.15, 0.2) is 0 Å². The Morgan fingerprint density at radius 1 is 1.00 bits per heavy atom. The van der Waals surface area contributed by atoms with Crippen LogP contribution < -0.4 is 10.6 Å². The molecule has 2 aromatic carbocycles. The van der Waals surface area contributed by atoms with Crippen LogP contribution in [0.5, 0.6) is 0 Å². The Kier molecular flexibility index (Phi) is 5.55. The van der Waals surface area contributed by atoms with Crippen molar-refractivity contribution < 1.29 is 9.59 Å². The molecule has 2 amide bonds. The van der Waals surface area contributed by atoms with Crippen molar-refractivity contribution in [3.8, 4) is 0 Å². The van der Waals surface area contributed by atoms with Crippen molar-refractivity contribution in [1.82, 2.24) is 10.6 Å². The first-order chi connectivity index (χ1) is 10.6. The Morgan fingerprint density at radius 3 is 2.27 bits per heavy atom. The molecule has 0 aromatic heterocycles. The highest BCUT2D eigenvalue weighted by Crippen LogP contribution is 2.11. The van der Waals surface area contributed by atoms with Gasteiger partial charge >= 0.3 is 11.8 Å². The molecule has 0 spiro atoms. The van der Waals surface area contributed by atoms with Crippen LogP contribution >= 0.6 is 11.6 Å². The summed E-state index contributed by atoms with van der Waals surface area (Å²) in [5, 5.41) is 5.88. The molecule has 0 aliphatic rings. The van der Waals surface area contributed by atoms with E-state index in [1.807, 2.05) is 37.3 Å². The van der Waals surface area contributed by atoms with Gasteiger partial charge in [-0.1, -0.05) is 54.1 Å². The topological polar surface area (TPSA) is 58.2 Å². The molecule has 114 valence electrons. The molecule has 5 heteroatoms. The Labute approximate surface area is 134 Å². The number of nitrogens with one attached hydrogen (secondary N) is 2. The number of hydrogen-bond donors (Lipinski definition) is 2. The maximum Gasteiger partial charge on any atom is 0.309 e. The molecular weight excluding hydrogens is 300 g/mol. The van der Waals surface area contributed by atoms with Crippen LogP contribution in [0.15, 0.2) is 54.6 Å². The van der Waals surface area contributed by atoms with Crippen LogP contribution in [0, 0.1) is 0 Å². The Bertz CT molecular complexity index is 641. The summed E-state index contributed by atoms with van der Waals surface area (Å²) < 4.78 is 0. The molecule has 0 fully saturated rings. The molecule has 2 aromatic rings. The summed E-state index contributed by atoms with van der Waals surface area (Å²) in [5.41, 5.74) is 1.82. The van der Waals surface area contributed by atoms with Crippen molar-refractivity contribution in [2.24, 2.45) is 0 Å². The minimum Gasteiger partial charge on any atom is -0.344 e. The zero-order valence-electron chi connectivity index (χ0n) is 12.2. The van der Waals surface area contributed by atoms with Crippen LogP contribution in [-0.2, 0) is 16.1 Å². The first-order valence-electron chi connectivity index (χ1n) is 6.94. The van der Waals surface area contributed by atoms with E-state index in [2.05, 4.69) is 10.6 Å². The van der Waals surface area contributed by atoms with Crippen molar-refractivity contribution in [3.63, 3.8) is 0 Å². The monoisotopic (exact) mass is 316 g/mol. The molecule has 0 saturated heterocycles. The number of benzene rings is 2. The smallest absolute Gasteiger partial charge is 0.309 e. The first-order valence-corrected chi connectivity index (χ1v) is 7.32. The molecule has 0 aliphatic heterocycles. The summed E-state index contributed by atoms with van der Waals surface area (Å²) in [6.45, 7) is 2.11. The lowest BCUT2D eigenvalue weighted by Crippen LogP contribution is -2.40. The molecule has 0 radical (unpaired) electrons. The minimum atomic E-state index is -0.655. The van der Waals surface area contributed by atoms with Crippen LogP contribution in [0.3, 0.4) is 0 Å². The third-order valence-electron chi connectivity index (χ3n) is 3.22. The second-order valence-electron chi connectivity index (χ2n) is 4.91. The van der Waals surface area contributed by atoms with Gasteiger partial charge in [0.05, 0.1) is 6.04 Å². The summed E-state index contributed by atoms with van der Waals surface area (Å²) in [7, 11) is 0. The molecular formula is C17H17ClN2O2. The van der Waals surface area contributed by atoms with E-state index in [4.69, 9.17) is 11.6 Å². The zero-order valence-corrected chi connectivity index (χ0v) is 12.9. The summed E-state index contributed by atoms with van der Waals surface area (Å²) >= 11 is 5.79. The zero-order chi connectivity index (χ0) is 15.9. The average Bonchev–Trinajstić information content (AvgIpc) is 2.54. The van der Waals surface area contributed by atoms with E-state index in [1.165, 1.54) is 0 Å². The second kappa shape index (κ2) is 7.61. The fraction of sp³-hybridized carbons (Fsp3) is 0.176. The predicted octanol–water partition coefficient (Wildman–Crippen LogP) is 2.83. The predicted molar refractivity (Wildman–Crippen MR) is 86.3 cm³/mol. The van der Waals surface area contributed by atoms with Crippen molar-refractivity contribution in [1.29, 1.82) is 0 Å². The van der Waals surface area contributed by atoms with Gasteiger partial charge in [0.1, 0.15) is 0 Å². The normalized spacial score (nSPS) is 11.5. The summed E-state index contributed by atoms with van der Waals surface area (Å²) in [5.74, 6) is -1.30. The number of halogens is 1. The SMILES string of the molecule is CC(NC(=O)C(=O)NCc1ccc(Cl)cc1)c1ccccc1. The standard InChI is InChI=1S/C17H17ClN2O2/c1-12(14-5-3-2-4-6-14)20-17(22)16(21)19-11-13-7-9-15(18)10-8-13/h2-10,12H,11H2,1H3,(H,19,21)(H,20,22). The summed E-state index contributed by atoms with van der Waals surface area (Å²) in [4.78, 5) is 23.7. The molecule has 4 nitrogen and oxygen atoms in total. The fourth-order valence-corrected chi connectivity index (χ4v) is 2.08. The van der Waals surface area contributed by atoms with E-state index in [-0.39, 0.29) is 12.6 Å². The molecule has 1 atom stereocenters. The van der Waals surface area contributed by atoms with Gasteiger partial charge in [0.2, 0.25) is 0 Å². The quantitative estimate of drug-likeness (QED) is 0.852. The van der Waals surface area contributed by atoms with Gasteiger partial charge in [-0.2, -0.15) is 0 Å². The number of amides is 2. The number of carbonyl (C=O) groups excluding carboxylic acids is 2. The Hall–Kier alpha value is -2.33. The molecule has 2 N–H and O–H groups in total. The van der Waals surface area contributed by atoms with E-state index >= 15 is 0 Å². The van der Waals surface area contributed by atoms with E-state index in [9.17, 15) is 9.59 Å². The van der Waals surface area contributed by atoms with E-state index in [1.54, 1.807) is 24.3 Å². The molecule has 0 saturated carbocycles. The second-order valence-corrected chi connectivity index (χ2v) is 5.35. The van der Waals surface area contributed by atoms with Gasteiger partial charge in [0.25, 0.3) is 0 Å². The van der Waals surface area contributed by atoms with Crippen LogP contribution in [0.1, 0.15) is 24.1 Å². The van der Waals surface area contributed by atoms with Gasteiger partial charge in [-0.25, -0.2) is 0 Å². The van der Waals surface area contributed by atoms with Crippen LogP contribution in [0.2, 0.25) is 5.02 Å². The highest BCUT2D eigenvalue weighted by Gasteiger charge is 2.16. The highest BCUT2D eigenvalue weighted by atomic mass is 35.5. The third-order valence-corrected chi connectivity index (χ3v) is 3.47. The first kappa shape index (κ1) is 16.0.